The van der Waals surface area contributed by atoms with Crippen molar-refractivity contribution in [3.63, 3.8) is 0 Å². The lowest BCUT2D eigenvalue weighted by Gasteiger charge is -2.06. The van der Waals surface area contributed by atoms with E-state index < -0.39 is 6.09 Å². The molecule has 7 heteroatoms. The molecule has 0 spiro atoms. The summed E-state index contributed by atoms with van der Waals surface area (Å²) in [6.45, 7) is 0.0505. The Hall–Kier alpha value is -2.67. The number of benzene rings is 2. The molecule has 0 saturated carbocycles. The molecule has 0 atom stereocenters. The standard InChI is InChI=1S/C16H11BrN2O4/c17-11-3-6-14-13(7-11)15(20)8-19(14)16(21)23-9-10-1-4-12(18-22)5-2-10/h1-8,20H,9H2. The van der Waals surface area contributed by atoms with Gasteiger partial charge in [-0.1, -0.05) is 28.1 Å². The smallest absolute Gasteiger partial charge is 0.418 e. The van der Waals surface area contributed by atoms with E-state index in [0.717, 1.165) is 10.0 Å². The number of carbonyl (C=O) groups excluding carboxylic acids is 1. The lowest BCUT2D eigenvalue weighted by Crippen LogP contribution is -2.12. The summed E-state index contributed by atoms with van der Waals surface area (Å²) < 4.78 is 7.28. The summed E-state index contributed by atoms with van der Waals surface area (Å²) >= 11 is 3.32. The third-order valence-corrected chi connectivity index (χ3v) is 3.84. The van der Waals surface area contributed by atoms with E-state index in [4.69, 9.17) is 4.74 Å². The van der Waals surface area contributed by atoms with Crippen LogP contribution in [0.4, 0.5) is 10.5 Å². The van der Waals surface area contributed by atoms with Gasteiger partial charge < -0.3 is 9.84 Å². The van der Waals surface area contributed by atoms with E-state index in [2.05, 4.69) is 21.1 Å². The molecular formula is C16H11BrN2O4. The van der Waals surface area contributed by atoms with Gasteiger partial charge in [0.2, 0.25) is 0 Å². The normalized spacial score (nSPS) is 10.7. The molecule has 0 unspecified atom stereocenters. The lowest BCUT2D eigenvalue weighted by molar-refractivity contribution is 0.142. The highest BCUT2D eigenvalue weighted by molar-refractivity contribution is 9.10. The van der Waals surface area contributed by atoms with Gasteiger partial charge in [-0.05, 0) is 41.1 Å². The van der Waals surface area contributed by atoms with Crippen molar-refractivity contribution in [2.75, 3.05) is 0 Å². The predicted octanol–water partition coefficient (Wildman–Crippen LogP) is 4.69. The number of ether oxygens (including phenoxy) is 1. The van der Waals surface area contributed by atoms with E-state index in [1.54, 1.807) is 42.5 Å². The predicted molar refractivity (Wildman–Crippen MR) is 88.8 cm³/mol. The number of halogens is 1. The zero-order chi connectivity index (χ0) is 16.4. The Morgan fingerprint density at radius 1 is 1.22 bits per heavy atom. The molecule has 23 heavy (non-hydrogen) atoms. The van der Waals surface area contributed by atoms with Crippen LogP contribution >= 0.6 is 15.9 Å². The number of aromatic hydroxyl groups is 1. The highest BCUT2D eigenvalue weighted by atomic mass is 79.9. The second kappa shape index (κ2) is 6.21. The van der Waals surface area contributed by atoms with Crippen LogP contribution < -0.4 is 0 Å². The number of hydrogen-bond donors (Lipinski definition) is 1. The summed E-state index contributed by atoms with van der Waals surface area (Å²) in [6.07, 6.45) is 0.717. The Labute approximate surface area is 139 Å². The number of aromatic nitrogens is 1. The molecule has 0 bridgehead atoms. The Morgan fingerprint density at radius 3 is 2.65 bits per heavy atom. The molecule has 6 nitrogen and oxygen atoms in total. The van der Waals surface area contributed by atoms with Crippen LogP contribution in [0.5, 0.6) is 5.75 Å². The molecule has 1 heterocycles. The molecule has 1 aromatic heterocycles. The number of hydrogen-bond acceptors (Lipinski definition) is 5. The molecular weight excluding hydrogens is 364 g/mol. The van der Waals surface area contributed by atoms with Crippen molar-refractivity contribution >= 4 is 38.6 Å². The highest BCUT2D eigenvalue weighted by Crippen LogP contribution is 2.29. The molecule has 116 valence electrons. The fourth-order valence-corrected chi connectivity index (χ4v) is 2.56. The maximum Gasteiger partial charge on any atom is 0.418 e. The van der Waals surface area contributed by atoms with Crippen LogP contribution in [0.25, 0.3) is 10.9 Å². The summed E-state index contributed by atoms with van der Waals surface area (Å²) in [5.74, 6) is -0.000315. The van der Waals surface area contributed by atoms with Crippen LogP contribution in [0.1, 0.15) is 5.56 Å². The molecule has 3 aromatic rings. The lowest BCUT2D eigenvalue weighted by atomic mass is 10.2. The van der Waals surface area contributed by atoms with Crippen molar-refractivity contribution in [2.45, 2.75) is 6.61 Å². The monoisotopic (exact) mass is 374 g/mol. The maximum atomic E-state index is 12.2. The first-order valence-corrected chi connectivity index (χ1v) is 7.47. The minimum absolute atomic E-state index is 0.000315. The van der Waals surface area contributed by atoms with Gasteiger partial charge >= 0.3 is 6.09 Å². The molecule has 1 N–H and O–H groups in total. The van der Waals surface area contributed by atoms with Gasteiger partial charge in [0, 0.05) is 9.86 Å². The molecule has 0 aliphatic heterocycles. The average Bonchev–Trinajstić information content (AvgIpc) is 2.89. The van der Waals surface area contributed by atoms with Gasteiger partial charge in [-0.3, -0.25) is 0 Å². The Kier molecular flexibility index (Phi) is 4.12. The molecule has 0 fully saturated rings. The van der Waals surface area contributed by atoms with Crippen molar-refractivity contribution in [2.24, 2.45) is 5.18 Å². The van der Waals surface area contributed by atoms with Crippen LogP contribution in [0.2, 0.25) is 0 Å². The van der Waals surface area contributed by atoms with Crippen molar-refractivity contribution in [3.05, 3.63) is 63.6 Å². The summed E-state index contributed by atoms with van der Waals surface area (Å²) in [5, 5.41) is 13.3. The van der Waals surface area contributed by atoms with Gasteiger partial charge in [0.25, 0.3) is 0 Å². The van der Waals surface area contributed by atoms with Crippen molar-refractivity contribution in [1.29, 1.82) is 0 Å². The summed E-state index contributed by atoms with van der Waals surface area (Å²) in [6, 6.07) is 11.6. The maximum absolute atomic E-state index is 12.2. The summed E-state index contributed by atoms with van der Waals surface area (Å²) in [5.41, 5.74) is 1.59. The second-order valence-corrected chi connectivity index (χ2v) is 5.77. The van der Waals surface area contributed by atoms with E-state index in [1.807, 2.05) is 0 Å². The van der Waals surface area contributed by atoms with E-state index in [0.29, 0.717) is 16.6 Å². The average molecular weight is 375 g/mol. The Bertz CT molecular complexity index is 887. The van der Waals surface area contributed by atoms with E-state index >= 15 is 0 Å². The zero-order valence-corrected chi connectivity index (χ0v) is 13.4. The molecule has 0 saturated heterocycles. The first-order chi connectivity index (χ1) is 11.1. The first-order valence-electron chi connectivity index (χ1n) is 6.67. The SMILES string of the molecule is O=Nc1ccc(COC(=O)n2cc(O)c3cc(Br)ccc32)cc1. The van der Waals surface area contributed by atoms with Gasteiger partial charge in [0.05, 0.1) is 11.7 Å². The third kappa shape index (κ3) is 3.09. The molecule has 0 aliphatic rings. The molecule has 0 amide bonds. The Balaban J connectivity index is 1.79. The van der Waals surface area contributed by atoms with Gasteiger partial charge in [-0.2, -0.15) is 0 Å². The largest absolute Gasteiger partial charge is 0.506 e. The van der Waals surface area contributed by atoms with Crippen LogP contribution in [-0.4, -0.2) is 15.8 Å². The number of nitrogens with zero attached hydrogens (tertiary/aromatic N) is 2. The summed E-state index contributed by atoms with van der Waals surface area (Å²) in [7, 11) is 0. The number of fused-ring (bicyclic) bond motifs is 1. The highest BCUT2D eigenvalue weighted by Gasteiger charge is 2.14. The topological polar surface area (TPSA) is 80.9 Å². The number of rotatable bonds is 3. The molecule has 3 rings (SSSR count). The van der Waals surface area contributed by atoms with E-state index in [1.165, 1.54) is 10.8 Å². The van der Waals surface area contributed by atoms with Crippen molar-refractivity contribution in [1.82, 2.24) is 4.57 Å². The Morgan fingerprint density at radius 2 is 1.96 bits per heavy atom. The van der Waals surface area contributed by atoms with Gasteiger partial charge in [0.1, 0.15) is 18.0 Å². The van der Waals surface area contributed by atoms with Crippen molar-refractivity contribution < 1.29 is 14.6 Å². The van der Waals surface area contributed by atoms with Crippen molar-refractivity contribution in [3.8, 4) is 5.75 Å². The summed E-state index contributed by atoms with van der Waals surface area (Å²) in [4.78, 5) is 22.6. The quantitative estimate of drug-likeness (QED) is 0.674. The fraction of sp³-hybridized carbons (Fsp3) is 0.0625. The number of carbonyl (C=O) groups is 1. The first kappa shape index (κ1) is 15.2. The van der Waals surface area contributed by atoms with Crippen LogP contribution in [0, 0.1) is 4.91 Å². The van der Waals surface area contributed by atoms with Crippen LogP contribution in [0.15, 0.2) is 58.3 Å². The van der Waals surface area contributed by atoms with Gasteiger partial charge in [0.15, 0.2) is 0 Å². The second-order valence-electron chi connectivity index (χ2n) is 4.86. The minimum Gasteiger partial charge on any atom is -0.506 e. The van der Waals surface area contributed by atoms with Gasteiger partial charge in [-0.25, -0.2) is 9.36 Å². The van der Waals surface area contributed by atoms with Gasteiger partial charge in [-0.15, -0.1) is 4.91 Å². The fourth-order valence-electron chi connectivity index (χ4n) is 2.20. The van der Waals surface area contributed by atoms with E-state index in [-0.39, 0.29) is 12.4 Å². The minimum atomic E-state index is -0.602. The molecule has 0 radical (unpaired) electrons. The molecule has 2 aromatic carbocycles. The van der Waals surface area contributed by atoms with Crippen LogP contribution in [0.3, 0.4) is 0 Å². The van der Waals surface area contributed by atoms with Crippen LogP contribution in [-0.2, 0) is 11.3 Å². The molecule has 0 aliphatic carbocycles. The third-order valence-electron chi connectivity index (χ3n) is 3.35. The number of nitroso groups, excluding NO2 is 1. The van der Waals surface area contributed by atoms with E-state index in [9.17, 15) is 14.8 Å². The zero-order valence-electron chi connectivity index (χ0n) is 11.8.